The lowest BCUT2D eigenvalue weighted by Crippen LogP contribution is -2.14. The van der Waals surface area contributed by atoms with Crippen molar-refractivity contribution in [3.05, 3.63) is 70.9 Å². The molecule has 0 spiro atoms. The van der Waals surface area contributed by atoms with Crippen molar-refractivity contribution in [2.45, 2.75) is 6.18 Å². The molecule has 7 heteroatoms. The van der Waals surface area contributed by atoms with E-state index < -0.39 is 22.7 Å². The van der Waals surface area contributed by atoms with Crippen LogP contribution in [-0.4, -0.2) is 10.9 Å². The first kappa shape index (κ1) is 16.3. The van der Waals surface area contributed by atoms with Gasteiger partial charge < -0.3 is 5.32 Å². The van der Waals surface area contributed by atoms with E-state index in [1.807, 2.05) is 0 Å². The second kappa shape index (κ2) is 6.13. The summed E-state index contributed by atoms with van der Waals surface area (Å²) in [5.74, 6) is -0.524. The monoisotopic (exact) mass is 350 g/mol. The minimum Gasteiger partial charge on any atom is -0.322 e. The Kier molecular flexibility index (Phi) is 4.15. The topological polar surface area (TPSA) is 42.0 Å². The Balaban J connectivity index is 1.95. The van der Waals surface area contributed by atoms with Crippen LogP contribution in [0.2, 0.25) is 5.02 Å². The van der Waals surface area contributed by atoms with Crippen molar-refractivity contribution in [1.29, 1.82) is 0 Å². The predicted octanol–water partition coefficient (Wildman–Crippen LogP) is 5.16. The molecule has 0 aliphatic carbocycles. The van der Waals surface area contributed by atoms with Crippen molar-refractivity contribution in [3.8, 4) is 0 Å². The van der Waals surface area contributed by atoms with Crippen molar-refractivity contribution in [3.63, 3.8) is 0 Å². The largest absolute Gasteiger partial charge is 0.417 e. The predicted molar refractivity (Wildman–Crippen MR) is 86.2 cm³/mol. The lowest BCUT2D eigenvalue weighted by molar-refractivity contribution is -0.137. The molecule has 0 radical (unpaired) electrons. The highest BCUT2D eigenvalue weighted by Crippen LogP contribution is 2.36. The van der Waals surface area contributed by atoms with Gasteiger partial charge in [0.15, 0.2) is 0 Å². The van der Waals surface area contributed by atoms with E-state index in [-0.39, 0.29) is 5.69 Å². The summed E-state index contributed by atoms with van der Waals surface area (Å²) in [7, 11) is 0. The van der Waals surface area contributed by atoms with Crippen molar-refractivity contribution < 1.29 is 18.0 Å². The molecule has 24 heavy (non-hydrogen) atoms. The molecule has 0 saturated heterocycles. The summed E-state index contributed by atoms with van der Waals surface area (Å²) >= 11 is 5.57. The summed E-state index contributed by atoms with van der Waals surface area (Å²) in [6.45, 7) is 0. The lowest BCUT2D eigenvalue weighted by atomic mass is 10.1. The number of aromatic nitrogens is 1. The van der Waals surface area contributed by atoms with Crippen molar-refractivity contribution in [1.82, 2.24) is 4.98 Å². The number of para-hydroxylation sites is 1. The van der Waals surface area contributed by atoms with Crippen LogP contribution in [0, 0.1) is 0 Å². The Hall–Kier alpha value is -2.60. The number of halogens is 4. The van der Waals surface area contributed by atoms with Crippen LogP contribution < -0.4 is 5.32 Å². The molecular formula is C17H10ClF3N2O. The fourth-order valence-electron chi connectivity index (χ4n) is 2.31. The Morgan fingerprint density at radius 2 is 1.83 bits per heavy atom. The second-order valence-electron chi connectivity index (χ2n) is 5.02. The van der Waals surface area contributed by atoms with Crippen LogP contribution in [0.15, 0.2) is 54.7 Å². The number of hydrogen-bond acceptors (Lipinski definition) is 2. The van der Waals surface area contributed by atoms with Crippen LogP contribution in [0.25, 0.3) is 10.9 Å². The van der Waals surface area contributed by atoms with Crippen molar-refractivity contribution >= 4 is 34.1 Å². The maximum Gasteiger partial charge on any atom is 0.417 e. The van der Waals surface area contributed by atoms with Crippen molar-refractivity contribution in [2.75, 3.05) is 5.32 Å². The summed E-state index contributed by atoms with van der Waals surface area (Å²) in [5.41, 5.74) is -0.0412. The molecule has 2 aromatic carbocycles. The average molecular weight is 351 g/mol. The summed E-state index contributed by atoms with van der Waals surface area (Å²) in [4.78, 5) is 16.6. The molecule has 1 N–H and O–H groups in total. The molecule has 3 aromatic rings. The maximum atomic E-state index is 12.9. The van der Waals surface area contributed by atoms with Gasteiger partial charge in [0.2, 0.25) is 0 Å². The van der Waals surface area contributed by atoms with Gasteiger partial charge in [-0.15, -0.1) is 0 Å². The van der Waals surface area contributed by atoms with Crippen LogP contribution >= 0.6 is 11.6 Å². The van der Waals surface area contributed by atoms with Crippen LogP contribution in [0.1, 0.15) is 15.9 Å². The van der Waals surface area contributed by atoms with E-state index in [1.54, 1.807) is 24.3 Å². The Bertz CT molecular complexity index is 920. The Morgan fingerprint density at radius 1 is 1.08 bits per heavy atom. The summed E-state index contributed by atoms with van der Waals surface area (Å²) in [6, 6.07) is 11.7. The molecule has 0 aliphatic heterocycles. The molecule has 3 rings (SSSR count). The molecular weight excluding hydrogens is 341 g/mol. The zero-order chi connectivity index (χ0) is 17.3. The molecule has 0 bridgehead atoms. The normalized spacial score (nSPS) is 11.5. The van der Waals surface area contributed by atoms with E-state index in [0.29, 0.717) is 16.5 Å². The number of nitrogens with one attached hydrogen (secondary N) is 1. The fraction of sp³-hybridized carbons (Fsp3) is 0.0588. The van der Waals surface area contributed by atoms with Gasteiger partial charge in [0.25, 0.3) is 5.91 Å². The molecule has 1 amide bonds. The molecule has 0 saturated carbocycles. The van der Waals surface area contributed by atoms with Gasteiger partial charge in [-0.2, -0.15) is 13.2 Å². The Labute approximate surface area is 140 Å². The van der Waals surface area contributed by atoms with E-state index in [1.165, 1.54) is 18.3 Å². The standard InChI is InChI=1S/C17H10ClF3N2O/c18-14-6-5-10(9-13(14)17(19,20)21)23-16(24)12-7-8-22-15-4-2-1-3-11(12)15/h1-9H,(H,23,24). The minimum atomic E-state index is -4.60. The quantitative estimate of drug-likeness (QED) is 0.693. The second-order valence-corrected chi connectivity index (χ2v) is 5.43. The van der Waals surface area contributed by atoms with E-state index in [2.05, 4.69) is 10.3 Å². The third-order valence-corrected chi connectivity index (χ3v) is 3.75. The zero-order valence-electron chi connectivity index (χ0n) is 12.1. The molecule has 0 fully saturated rings. The fourth-order valence-corrected chi connectivity index (χ4v) is 2.54. The number of fused-ring (bicyclic) bond motifs is 1. The van der Waals surface area contributed by atoms with Gasteiger partial charge in [0, 0.05) is 17.3 Å². The summed E-state index contributed by atoms with van der Waals surface area (Å²) in [5, 5.41) is 2.66. The molecule has 1 aromatic heterocycles. The number of nitrogens with zero attached hydrogens (tertiary/aromatic N) is 1. The van der Waals surface area contributed by atoms with Gasteiger partial charge in [-0.3, -0.25) is 9.78 Å². The van der Waals surface area contributed by atoms with E-state index in [9.17, 15) is 18.0 Å². The van der Waals surface area contributed by atoms with Gasteiger partial charge in [0.05, 0.1) is 21.7 Å². The van der Waals surface area contributed by atoms with E-state index in [0.717, 1.165) is 12.1 Å². The van der Waals surface area contributed by atoms with Crippen LogP contribution in [0.4, 0.5) is 18.9 Å². The molecule has 0 unspecified atom stereocenters. The maximum absolute atomic E-state index is 12.9. The molecule has 0 atom stereocenters. The average Bonchev–Trinajstić information content (AvgIpc) is 2.55. The highest BCUT2D eigenvalue weighted by Gasteiger charge is 2.33. The first-order valence-corrected chi connectivity index (χ1v) is 7.26. The minimum absolute atomic E-state index is 0.0117. The first-order valence-electron chi connectivity index (χ1n) is 6.88. The number of anilines is 1. The van der Waals surface area contributed by atoms with Crippen LogP contribution in [0.5, 0.6) is 0 Å². The van der Waals surface area contributed by atoms with Crippen LogP contribution in [0.3, 0.4) is 0 Å². The summed E-state index contributed by atoms with van der Waals surface area (Å²) in [6.07, 6.45) is -3.12. The zero-order valence-corrected chi connectivity index (χ0v) is 12.8. The van der Waals surface area contributed by atoms with Gasteiger partial charge >= 0.3 is 6.18 Å². The molecule has 0 aliphatic rings. The number of pyridine rings is 1. The molecule has 122 valence electrons. The lowest BCUT2D eigenvalue weighted by Gasteiger charge is -2.12. The van der Waals surface area contributed by atoms with Gasteiger partial charge in [-0.05, 0) is 30.3 Å². The van der Waals surface area contributed by atoms with Gasteiger partial charge in [0.1, 0.15) is 0 Å². The smallest absolute Gasteiger partial charge is 0.322 e. The highest BCUT2D eigenvalue weighted by molar-refractivity contribution is 6.31. The Morgan fingerprint density at radius 3 is 2.58 bits per heavy atom. The number of alkyl halides is 3. The third kappa shape index (κ3) is 3.19. The molecule has 1 heterocycles. The summed E-state index contributed by atoms with van der Waals surface area (Å²) < 4.78 is 38.7. The number of carbonyl (C=O) groups is 1. The van der Waals surface area contributed by atoms with Crippen molar-refractivity contribution in [2.24, 2.45) is 0 Å². The van der Waals surface area contributed by atoms with Crippen LogP contribution in [-0.2, 0) is 6.18 Å². The highest BCUT2D eigenvalue weighted by atomic mass is 35.5. The van der Waals surface area contributed by atoms with Gasteiger partial charge in [-0.25, -0.2) is 0 Å². The molecule has 3 nitrogen and oxygen atoms in total. The number of amides is 1. The SMILES string of the molecule is O=C(Nc1ccc(Cl)c(C(F)(F)F)c1)c1ccnc2ccccc12. The number of rotatable bonds is 2. The van der Waals surface area contributed by atoms with E-state index >= 15 is 0 Å². The first-order chi connectivity index (χ1) is 11.4. The third-order valence-electron chi connectivity index (χ3n) is 3.42. The number of benzene rings is 2. The number of hydrogen-bond donors (Lipinski definition) is 1. The van der Waals surface area contributed by atoms with E-state index in [4.69, 9.17) is 11.6 Å². The van der Waals surface area contributed by atoms with Gasteiger partial charge in [-0.1, -0.05) is 29.8 Å². The number of carbonyl (C=O) groups excluding carboxylic acids is 1.